The zero-order chi connectivity index (χ0) is 12.5. The lowest BCUT2D eigenvalue weighted by Crippen LogP contribution is -1.86. The molecule has 1 aliphatic rings. The molecule has 3 rings (SSSR count). The molecule has 1 fully saturated rings. The third-order valence-corrected chi connectivity index (χ3v) is 3.39. The van der Waals surface area contributed by atoms with Crippen LogP contribution in [0.4, 0.5) is 0 Å². The van der Waals surface area contributed by atoms with Gasteiger partial charge in [0.2, 0.25) is 0 Å². The maximum atomic E-state index is 5.87. The summed E-state index contributed by atoms with van der Waals surface area (Å²) in [4.78, 5) is 0. The van der Waals surface area contributed by atoms with Crippen LogP contribution in [-0.4, -0.2) is 7.11 Å². The van der Waals surface area contributed by atoms with Crippen molar-refractivity contribution in [3.8, 4) is 5.75 Å². The van der Waals surface area contributed by atoms with Crippen LogP contribution in [-0.2, 0) is 4.74 Å². The average molecular weight is 261 g/mol. The summed E-state index contributed by atoms with van der Waals surface area (Å²) in [5, 5.41) is 0.750. The number of rotatable bonds is 3. The monoisotopic (exact) mass is 260 g/mol. The van der Waals surface area contributed by atoms with Crippen molar-refractivity contribution in [3.63, 3.8) is 0 Å². The van der Waals surface area contributed by atoms with Crippen LogP contribution in [0.25, 0.3) is 0 Å². The Labute approximate surface area is 111 Å². The van der Waals surface area contributed by atoms with Crippen LogP contribution in [0.1, 0.15) is 23.3 Å². The molecule has 1 aliphatic heterocycles. The fourth-order valence-corrected chi connectivity index (χ4v) is 2.19. The highest BCUT2D eigenvalue weighted by Crippen LogP contribution is 2.51. The van der Waals surface area contributed by atoms with Crippen LogP contribution in [0.2, 0.25) is 5.02 Å². The minimum absolute atomic E-state index is 0.149. The van der Waals surface area contributed by atoms with Gasteiger partial charge in [-0.1, -0.05) is 35.9 Å². The Hall–Kier alpha value is -1.51. The molecule has 2 atom stereocenters. The van der Waals surface area contributed by atoms with E-state index in [9.17, 15) is 0 Å². The van der Waals surface area contributed by atoms with Gasteiger partial charge in [-0.2, -0.15) is 0 Å². The van der Waals surface area contributed by atoms with Crippen LogP contribution in [0.3, 0.4) is 0 Å². The van der Waals surface area contributed by atoms with E-state index in [0.29, 0.717) is 0 Å². The number of methoxy groups -OCH3 is 1. The molecule has 92 valence electrons. The minimum Gasteiger partial charge on any atom is -0.497 e. The quantitative estimate of drug-likeness (QED) is 0.773. The lowest BCUT2D eigenvalue weighted by Gasteiger charge is -2.00. The Bertz CT molecular complexity index is 533. The Kier molecular flexibility index (Phi) is 2.98. The van der Waals surface area contributed by atoms with Gasteiger partial charge in [-0.3, -0.25) is 0 Å². The highest BCUT2D eigenvalue weighted by Gasteiger charge is 2.41. The maximum Gasteiger partial charge on any atom is 0.118 e. The standard InChI is InChI=1S/C15H13ClO2/c1-17-13-8-4-11(5-9-13)15-14(18-15)10-2-6-12(16)7-3-10/h2-9,14-15H,1H3/t14-,15-/m1/s1. The Morgan fingerprint density at radius 1 is 0.889 bits per heavy atom. The zero-order valence-corrected chi connectivity index (χ0v) is 10.7. The fraction of sp³-hybridized carbons (Fsp3) is 0.200. The predicted octanol–water partition coefficient (Wildman–Crippen LogP) is 4.16. The minimum atomic E-state index is 0.149. The van der Waals surface area contributed by atoms with Gasteiger partial charge in [0.25, 0.3) is 0 Å². The molecule has 18 heavy (non-hydrogen) atoms. The van der Waals surface area contributed by atoms with E-state index < -0.39 is 0 Å². The SMILES string of the molecule is COc1ccc([C@H]2O[C@@H]2c2ccc(Cl)cc2)cc1. The molecule has 0 unspecified atom stereocenters. The second-order valence-corrected chi connectivity index (χ2v) is 4.74. The van der Waals surface area contributed by atoms with Gasteiger partial charge in [0.15, 0.2) is 0 Å². The normalized spacial score (nSPS) is 21.7. The Balaban J connectivity index is 1.74. The topological polar surface area (TPSA) is 21.8 Å². The van der Waals surface area contributed by atoms with Gasteiger partial charge in [0.05, 0.1) is 7.11 Å². The van der Waals surface area contributed by atoms with E-state index in [1.54, 1.807) is 7.11 Å². The summed E-state index contributed by atoms with van der Waals surface area (Å²) in [7, 11) is 1.67. The summed E-state index contributed by atoms with van der Waals surface area (Å²) >= 11 is 5.87. The second-order valence-electron chi connectivity index (χ2n) is 4.30. The van der Waals surface area contributed by atoms with E-state index >= 15 is 0 Å². The van der Waals surface area contributed by atoms with Crippen molar-refractivity contribution in [2.24, 2.45) is 0 Å². The predicted molar refractivity (Wildman–Crippen MR) is 71.0 cm³/mol. The fourth-order valence-electron chi connectivity index (χ4n) is 2.07. The third kappa shape index (κ3) is 2.22. The smallest absolute Gasteiger partial charge is 0.118 e. The summed E-state index contributed by atoms with van der Waals surface area (Å²) in [6.45, 7) is 0. The first-order chi connectivity index (χ1) is 8.78. The Morgan fingerprint density at radius 2 is 1.39 bits per heavy atom. The van der Waals surface area contributed by atoms with E-state index in [2.05, 4.69) is 0 Å². The van der Waals surface area contributed by atoms with E-state index in [1.807, 2.05) is 48.5 Å². The average Bonchev–Trinajstić information content (AvgIpc) is 3.20. The maximum absolute atomic E-state index is 5.87. The molecule has 0 aromatic heterocycles. The number of benzene rings is 2. The van der Waals surface area contributed by atoms with Crippen LogP contribution in [0, 0.1) is 0 Å². The number of halogens is 1. The Morgan fingerprint density at radius 3 is 1.89 bits per heavy atom. The summed E-state index contributed by atoms with van der Waals surface area (Å²) in [5.74, 6) is 0.863. The number of epoxide rings is 1. The van der Waals surface area contributed by atoms with Crippen molar-refractivity contribution in [2.75, 3.05) is 7.11 Å². The van der Waals surface area contributed by atoms with Gasteiger partial charge in [-0.05, 0) is 35.4 Å². The molecule has 0 N–H and O–H groups in total. The van der Waals surface area contributed by atoms with E-state index in [-0.39, 0.29) is 12.2 Å². The molecule has 2 aromatic carbocycles. The second kappa shape index (κ2) is 4.63. The van der Waals surface area contributed by atoms with Crippen LogP contribution >= 0.6 is 11.6 Å². The molecule has 1 saturated heterocycles. The molecule has 0 saturated carbocycles. The first-order valence-electron chi connectivity index (χ1n) is 5.83. The highest BCUT2D eigenvalue weighted by atomic mass is 35.5. The van der Waals surface area contributed by atoms with Gasteiger partial charge in [0.1, 0.15) is 18.0 Å². The molecule has 2 nitrogen and oxygen atoms in total. The highest BCUT2D eigenvalue weighted by molar-refractivity contribution is 6.30. The van der Waals surface area contributed by atoms with Crippen molar-refractivity contribution >= 4 is 11.6 Å². The molecule has 0 amide bonds. The van der Waals surface area contributed by atoms with E-state index in [1.165, 1.54) is 11.1 Å². The lowest BCUT2D eigenvalue weighted by atomic mass is 10.0. The van der Waals surface area contributed by atoms with Gasteiger partial charge in [-0.25, -0.2) is 0 Å². The van der Waals surface area contributed by atoms with Crippen LogP contribution in [0.5, 0.6) is 5.75 Å². The van der Waals surface area contributed by atoms with Crippen molar-refractivity contribution in [2.45, 2.75) is 12.2 Å². The van der Waals surface area contributed by atoms with Gasteiger partial charge in [-0.15, -0.1) is 0 Å². The zero-order valence-electron chi connectivity index (χ0n) is 9.97. The van der Waals surface area contributed by atoms with E-state index in [0.717, 1.165) is 10.8 Å². The third-order valence-electron chi connectivity index (χ3n) is 3.13. The molecule has 3 heteroatoms. The molecule has 0 radical (unpaired) electrons. The summed E-state index contributed by atoms with van der Waals surface area (Å²) in [5.41, 5.74) is 2.34. The molecular weight excluding hydrogens is 248 g/mol. The first kappa shape index (κ1) is 11.6. The number of hydrogen-bond donors (Lipinski definition) is 0. The molecule has 1 heterocycles. The molecular formula is C15H13ClO2. The lowest BCUT2D eigenvalue weighted by molar-refractivity contribution is 0.377. The largest absolute Gasteiger partial charge is 0.497 e. The summed E-state index contributed by atoms with van der Waals surface area (Å²) in [6, 6.07) is 15.8. The van der Waals surface area contributed by atoms with Crippen molar-refractivity contribution in [3.05, 3.63) is 64.7 Å². The summed E-state index contributed by atoms with van der Waals surface area (Å²) in [6.07, 6.45) is 0.299. The van der Waals surface area contributed by atoms with Crippen LogP contribution < -0.4 is 4.74 Å². The van der Waals surface area contributed by atoms with E-state index in [4.69, 9.17) is 21.1 Å². The van der Waals surface area contributed by atoms with Crippen molar-refractivity contribution in [1.29, 1.82) is 0 Å². The van der Waals surface area contributed by atoms with Crippen LogP contribution in [0.15, 0.2) is 48.5 Å². The summed E-state index contributed by atoms with van der Waals surface area (Å²) < 4.78 is 10.9. The van der Waals surface area contributed by atoms with Gasteiger partial charge in [0, 0.05) is 5.02 Å². The van der Waals surface area contributed by atoms with Crippen molar-refractivity contribution < 1.29 is 9.47 Å². The van der Waals surface area contributed by atoms with Crippen molar-refractivity contribution in [1.82, 2.24) is 0 Å². The molecule has 2 aromatic rings. The number of ether oxygens (including phenoxy) is 2. The molecule has 0 aliphatic carbocycles. The van der Waals surface area contributed by atoms with Gasteiger partial charge >= 0.3 is 0 Å². The van der Waals surface area contributed by atoms with Gasteiger partial charge < -0.3 is 9.47 Å². The first-order valence-corrected chi connectivity index (χ1v) is 6.20. The molecule has 0 bridgehead atoms. The molecule has 0 spiro atoms. The number of hydrogen-bond acceptors (Lipinski definition) is 2.